The maximum absolute atomic E-state index is 12.4. The molecule has 5 nitrogen and oxygen atoms in total. The van der Waals surface area contributed by atoms with Crippen LogP contribution in [0.15, 0.2) is 76.3 Å². The molecule has 0 aliphatic heterocycles. The van der Waals surface area contributed by atoms with Gasteiger partial charge >= 0.3 is 5.97 Å². The van der Waals surface area contributed by atoms with Gasteiger partial charge in [0.1, 0.15) is 5.75 Å². The Morgan fingerprint density at radius 2 is 1.72 bits per heavy atom. The molecule has 0 heterocycles. The zero-order valence-corrected chi connectivity index (χ0v) is 17.8. The van der Waals surface area contributed by atoms with Crippen molar-refractivity contribution in [3.8, 4) is 5.75 Å². The minimum atomic E-state index is -0.619. The molecule has 29 heavy (non-hydrogen) atoms. The molecule has 0 aliphatic carbocycles. The van der Waals surface area contributed by atoms with Crippen LogP contribution in [0.4, 0.5) is 0 Å². The molecule has 1 amide bonds. The number of nitrogens with one attached hydrogen (secondary N) is 1. The first-order chi connectivity index (χ1) is 13.9. The maximum atomic E-state index is 12.4. The number of rotatable bonds is 5. The smallest absolute Gasteiger partial charge is 0.345 e. The Morgan fingerprint density at radius 3 is 2.45 bits per heavy atom. The number of esters is 1. The number of hydrogen-bond acceptors (Lipinski definition) is 4. The summed E-state index contributed by atoms with van der Waals surface area (Å²) in [6.07, 6.45) is 1.35. The van der Waals surface area contributed by atoms with E-state index in [1.807, 2.05) is 0 Å². The molecule has 0 unspecified atom stereocenters. The largest absolute Gasteiger partial charge is 0.422 e. The van der Waals surface area contributed by atoms with Crippen molar-refractivity contribution in [1.29, 1.82) is 0 Å². The number of carbonyl (C=O) groups is 2. The molecule has 3 rings (SSSR count). The number of hydrogen-bond donors (Lipinski definition) is 1. The summed E-state index contributed by atoms with van der Waals surface area (Å²) >= 11 is 15.4. The van der Waals surface area contributed by atoms with Crippen LogP contribution < -0.4 is 10.2 Å². The van der Waals surface area contributed by atoms with Gasteiger partial charge in [-0.2, -0.15) is 5.10 Å². The van der Waals surface area contributed by atoms with Crippen LogP contribution in [0.1, 0.15) is 26.3 Å². The van der Waals surface area contributed by atoms with E-state index in [0.29, 0.717) is 16.1 Å². The third kappa shape index (κ3) is 5.67. The van der Waals surface area contributed by atoms with Crippen molar-refractivity contribution < 1.29 is 14.3 Å². The van der Waals surface area contributed by atoms with Crippen molar-refractivity contribution in [2.24, 2.45) is 5.10 Å². The van der Waals surface area contributed by atoms with E-state index in [1.165, 1.54) is 12.3 Å². The van der Waals surface area contributed by atoms with Crippen molar-refractivity contribution >= 4 is 57.2 Å². The van der Waals surface area contributed by atoms with Crippen molar-refractivity contribution in [3.63, 3.8) is 0 Å². The second kappa shape index (κ2) is 9.69. The van der Waals surface area contributed by atoms with Gasteiger partial charge in [-0.3, -0.25) is 4.79 Å². The summed E-state index contributed by atoms with van der Waals surface area (Å²) < 4.78 is 6.29. The molecule has 0 saturated heterocycles. The topological polar surface area (TPSA) is 67.8 Å². The highest BCUT2D eigenvalue weighted by Crippen LogP contribution is 2.24. The number of benzene rings is 3. The average molecular weight is 492 g/mol. The Balaban J connectivity index is 1.75. The predicted octanol–water partition coefficient (Wildman–Crippen LogP) is 5.74. The van der Waals surface area contributed by atoms with Crippen molar-refractivity contribution in [2.75, 3.05) is 0 Å². The summed E-state index contributed by atoms with van der Waals surface area (Å²) in [7, 11) is 0. The molecule has 8 heteroatoms. The lowest BCUT2D eigenvalue weighted by molar-refractivity contribution is 0.0734. The van der Waals surface area contributed by atoms with Crippen LogP contribution in [0, 0.1) is 0 Å². The van der Waals surface area contributed by atoms with Gasteiger partial charge in [0.15, 0.2) is 0 Å². The molecule has 3 aromatic carbocycles. The molecule has 0 spiro atoms. The van der Waals surface area contributed by atoms with Crippen molar-refractivity contribution in [2.45, 2.75) is 0 Å². The summed E-state index contributed by atoms with van der Waals surface area (Å²) in [4.78, 5) is 24.5. The van der Waals surface area contributed by atoms with E-state index in [9.17, 15) is 9.59 Å². The quantitative estimate of drug-likeness (QED) is 0.214. The van der Waals surface area contributed by atoms with E-state index < -0.39 is 5.97 Å². The molecule has 0 aromatic heterocycles. The van der Waals surface area contributed by atoms with Gasteiger partial charge in [0, 0.05) is 20.6 Å². The van der Waals surface area contributed by atoms with Crippen molar-refractivity contribution in [3.05, 3.63) is 97.9 Å². The molecular formula is C21H13BrCl2N2O3. The number of amides is 1. The molecule has 0 atom stereocenters. The van der Waals surface area contributed by atoms with Gasteiger partial charge in [0.2, 0.25) is 0 Å². The number of hydrazone groups is 1. The lowest BCUT2D eigenvalue weighted by atomic mass is 10.2. The zero-order valence-electron chi connectivity index (χ0n) is 14.7. The summed E-state index contributed by atoms with van der Waals surface area (Å²) in [5.41, 5.74) is 3.51. The Labute approximate surface area is 185 Å². The number of halogens is 3. The first-order valence-electron chi connectivity index (χ1n) is 8.29. The Kier molecular flexibility index (Phi) is 7.04. The van der Waals surface area contributed by atoms with E-state index in [4.69, 9.17) is 27.9 Å². The third-order valence-corrected chi connectivity index (χ3v) is 4.84. The average Bonchev–Trinajstić information content (AvgIpc) is 2.70. The summed E-state index contributed by atoms with van der Waals surface area (Å²) in [5, 5.41) is 4.63. The van der Waals surface area contributed by atoms with Crippen molar-refractivity contribution in [1.82, 2.24) is 5.43 Å². The summed E-state index contributed by atoms with van der Waals surface area (Å²) in [6.45, 7) is 0. The first kappa shape index (κ1) is 21.0. The van der Waals surface area contributed by atoms with Gasteiger partial charge in [-0.1, -0.05) is 51.3 Å². The molecule has 1 N–H and O–H groups in total. The maximum Gasteiger partial charge on any atom is 0.345 e. The van der Waals surface area contributed by atoms with Crippen LogP contribution in [-0.2, 0) is 0 Å². The van der Waals surface area contributed by atoms with Gasteiger partial charge in [0.05, 0.1) is 16.8 Å². The minimum Gasteiger partial charge on any atom is -0.422 e. The minimum absolute atomic E-state index is 0.223. The van der Waals surface area contributed by atoms with E-state index >= 15 is 0 Å². The molecule has 0 saturated carbocycles. The van der Waals surface area contributed by atoms with E-state index in [-0.39, 0.29) is 22.2 Å². The summed E-state index contributed by atoms with van der Waals surface area (Å²) in [6, 6.07) is 18.1. The molecule has 0 bridgehead atoms. The van der Waals surface area contributed by atoms with E-state index in [1.54, 1.807) is 60.7 Å². The van der Waals surface area contributed by atoms with Gasteiger partial charge in [-0.05, 0) is 54.6 Å². The molecule has 0 radical (unpaired) electrons. The van der Waals surface area contributed by atoms with E-state index in [2.05, 4.69) is 26.5 Å². The first-order valence-corrected chi connectivity index (χ1v) is 9.84. The number of carbonyl (C=O) groups excluding carboxylic acids is 2. The predicted molar refractivity (Wildman–Crippen MR) is 117 cm³/mol. The lowest BCUT2D eigenvalue weighted by Crippen LogP contribution is -2.17. The fourth-order valence-corrected chi connectivity index (χ4v) is 2.98. The fraction of sp³-hybridized carbons (Fsp3) is 0. The van der Waals surface area contributed by atoms with E-state index in [0.717, 1.165) is 4.47 Å². The van der Waals surface area contributed by atoms with Gasteiger partial charge in [-0.25, -0.2) is 10.2 Å². The Morgan fingerprint density at radius 1 is 1.00 bits per heavy atom. The molecule has 0 fully saturated rings. The lowest BCUT2D eigenvalue weighted by Gasteiger charge is -2.09. The molecular weight excluding hydrogens is 479 g/mol. The summed E-state index contributed by atoms with van der Waals surface area (Å²) in [5.74, 6) is -0.780. The SMILES string of the molecule is O=C(N/N=C/c1cc(Cl)ccc1OC(=O)c1ccccc1Cl)c1ccc(Br)cc1. The molecule has 3 aromatic rings. The molecule has 146 valence electrons. The monoisotopic (exact) mass is 490 g/mol. The van der Waals surface area contributed by atoms with Crippen LogP contribution >= 0.6 is 39.1 Å². The number of nitrogens with zero attached hydrogens (tertiary/aromatic N) is 1. The van der Waals surface area contributed by atoms with Gasteiger partial charge in [0.25, 0.3) is 5.91 Å². The fourth-order valence-electron chi connectivity index (χ4n) is 2.32. The normalized spacial score (nSPS) is 10.7. The second-order valence-electron chi connectivity index (χ2n) is 5.76. The standard InChI is InChI=1S/C21H13BrCl2N2O3/c22-15-7-5-13(6-8-15)20(27)26-25-12-14-11-16(23)9-10-19(14)29-21(28)17-3-1-2-4-18(17)24/h1-12H,(H,26,27)/b25-12+. The van der Waals surface area contributed by atoms with Crippen LogP contribution in [0.3, 0.4) is 0 Å². The second-order valence-corrected chi connectivity index (χ2v) is 7.52. The number of ether oxygens (including phenoxy) is 1. The van der Waals surface area contributed by atoms with Gasteiger partial charge in [-0.15, -0.1) is 0 Å². The highest BCUT2D eigenvalue weighted by Gasteiger charge is 2.14. The Bertz CT molecular complexity index is 1090. The van der Waals surface area contributed by atoms with Crippen LogP contribution in [0.5, 0.6) is 5.75 Å². The van der Waals surface area contributed by atoms with Crippen LogP contribution in [0.25, 0.3) is 0 Å². The Hall–Kier alpha value is -2.67. The molecule has 0 aliphatic rings. The highest BCUT2D eigenvalue weighted by molar-refractivity contribution is 9.10. The third-order valence-electron chi connectivity index (χ3n) is 3.74. The highest BCUT2D eigenvalue weighted by atomic mass is 79.9. The zero-order chi connectivity index (χ0) is 20.8. The van der Waals surface area contributed by atoms with Gasteiger partial charge < -0.3 is 4.74 Å². The van der Waals surface area contributed by atoms with Crippen LogP contribution in [-0.4, -0.2) is 18.1 Å². The van der Waals surface area contributed by atoms with Crippen LogP contribution in [0.2, 0.25) is 10.0 Å².